The number of β-amino-alcohol motifs (C(OH)–C–C–N with tert-alkyl or cyclic N) is 1. The number of aliphatic hydroxyl groups is 1. The van der Waals surface area contributed by atoms with Crippen LogP contribution < -0.4 is 10.6 Å². The second-order valence-electron chi connectivity index (χ2n) is 12.0. The third-order valence-electron chi connectivity index (χ3n) is 7.78. The summed E-state index contributed by atoms with van der Waals surface area (Å²) in [4.78, 5) is 37.9. The van der Waals surface area contributed by atoms with Gasteiger partial charge in [0.1, 0.15) is 17.5 Å². The first kappa shape index (κ1) is 27.5. The van der Waals surface area contributed by atoms with Crippen molar-refractivity contribution in [2.45, 2.75) is 95.3 Å². The fourth-order valence-electron chi connectivity index (χ4n) is 5.73. The topological polar surface area (TPSA) is 108 Å². The molecule has 37 heavy (non-hydrogen) atoms. The van der Waals surface area contributed by atoms with Gasteiger partial charge in [0.25, 0.3) is 0 Å². The molecule has 0 aromatic heterocycles. The number of amides is 2. The van der Waals surface area contributed by atoms with Gasteiger partial charge in [0.2, 0.25) is 11.8 Å². The van der Waals surface area contributed by atoms with Crippen molar-refractivity contribution in [3.63, 3.8) is 0 Å². The number of hydrogen-bond acceptors (Lipinski definition) is 7. The molecule has 2 amide bonds. The average molecular weight is 518 g/mol. The van der Waals surface area contributed by atoms with Gasteiger partial charge in [-0.3, -0.25) is 19.7 Å². The lowest BCUT2D eigenvalue weighted by atomic mass is 9.78. The third-order valence-corrected chi connectivity index (χ3v) is 7.78. The molecule has 3 aliphatic rings. The molecule has 1 aliphatic carbocycles. The van der Waals surface area contributed by atoms with Gasteiger partial charge in [0.15, 0.2) is 0 Å². The standard InChI is InChI=1S/C28H40FN3O5/c1-27(2,3)37-26(35)19-8-12-28(36,13-9-19)17-32-14-10-18(11-15-32)21-5-4-20(16-22(21)29)30-23-6-7-24(33)31-25(23)34/h4-5,16,18-19,23,30,36H,6-15,17H2,1-3H3,(H,31,33,34). The minimum atomic E-state index is -0.806. The van der Waals surface area contributed by atoms with Gasteiger partial charge in [-0.2, -0.15) is 0 Å². The minimum absolute atomic E-state index is 0.0958. The zero-order chi connectivity index (χ0) is 26.8. The third kappa shape index (κ3) is 7.29. The Morgan fingerprint density at radius 3 is 2.43 bits per heavy atom. The van der Waals surface area contributed by atoms with Gasteiger partial charge in [-0.25, -0.2) is 4.39 Å². The maximum absolute atomic E-state index is 15.0. The largest absolute Gasteiger partial charge is 0.460 e. The number of nitrogens with zero attached hydrogens (tertiary/aromatic N) is 1. The molecular formula is C28H40FN3O5. The Labute approximate surface area is 218 Å². The summed E-state index contributed by atoms with van der Waals surface area (Å²) in [6.45, 7) is 7.72. The van der Waals surface area contributed by atoms with Gasteiger partial charge >= 0.3 is 5.97 Å². The van der Waals surface area contributed by atoms with Crippen LogP contribution in [0.5, 0.6) is 0 Å². The smallest absolute Gasteiger partial charge is 0.309 e. The number of rotatable bonds is 6. The van der Waals surface area contributed by atoms with Crippen molar-refractivity contribution in [2.24, 2.45) is 5.92 Å². The Balaban J connectivity index is 1.25. The van der Waals surface area contributed by atoms with Gasteiger partial charge < -0.3 is 20.1 Å². The first-order valence-electron chi connectivity index (χ1n) is 13.5. The van der Waals surface area contributed by atoms with Crippen LogP contribution in [0.2, 0.25) is 0 Å². The van der Waals surface area contributed by atoms with Gasteiger partial charge in [-0.05, 0) is 102 Å². The van der Waals surface area contributed by atoms with E-state index >= 15 is 0 Å². The van der Waals surface area contributed by atoms with E-state index < -0.39 is 17.2 Å². The number of ether oxygens (including phenoxy) is 1. The highest BCUT2D eigenvalue weighted by atomic mass is 19.1. The van der Waals surface area contributed by atoms with Crippen molar-refractivity contribution in [1.82, 2.24) is 10.2 Å². The summed E-state index contributed by atoms with van der Waals surface area (Å²) in [5.41, 5.74) is -0.110. The summed E-state index contributed by atoms with van der Waals surface area (Å²) in [6.07, 6.45) is 4.67. The van der Waals surface area contributed by atoms with Crippen molar-refractivity contribution in [2.75, 3.05) is 25.0 Å². The second kappa shape index (κ2) is 11.1. The number of likely N-dealkylation sites (tertiary alicyclic amines) is 1. The van der Waals surface area contributed by atoms with Crippen molar-refractivity contribution >= 4 is 23.5 Å². The van der Waals surface area contributed by atoms with Gasteiger partial charge in [0, 0.05) is 18.7 Å². The maximum Gasteiger partial charge on any atom is 0.309 e. The lowest BCUT2D eigenvalue weighted by Gasteiger charge is -2.41. The van der Waals surface area contributed by atoms with Crippen molar-refractivity contribution in [1.29, 1.82) is 0 Å². The molecular weight excluding hydrogens is 477 g/mol. The summed E-state index contributed by atoms with van der Waals surface area (Å²) in [5, 5.41) is 16.5. The summed E-state index contributed by atoms with van der Waals surface area (Å²) >= 11 is 0. The summed E-state index contributed by atoms with van der Waals surface area (Å²) < 4.78 is 20.5. The quantitative estimate of drug-likeness (QED) is 0.392. The van der Waals surface area contributed by atoms with Crippen LogP contribution >= 0.6 is 0 Å². The predicted octanol–water partition coefficient (Wildman–Crippen LogP) is 3.49. The molecule has 204 valence electrons. The molecule has 2 saturated heterocycles. The van der Waals surface area contributed by atoms with Crippen LogP contribution in [-0.2, 0) is 19.1 Å². The molecule has 8 nitrogen and oxygen atoms in total. The SMILES string of the molecule is CC(C)(C)OC(=O)C1CCC(O)(CN2CCC(c3ccc(NC4CCC(=O)NC4=O)cc3F)CC2)CC1. The van der Waals surface area contributed by atoms with Crippen LogP contribution in [-0.4, -0.2) is 64.7 Å². The zero-order valence-electron chi connectivity index (χ0n) is 22.1. The number of nitrogens with one attached hydrogen (secondary N) is 2. The Hall–Kier alpha value is -2.52. The number of hydrogen-bond donors (Lipinski definition) is 3. The number of benzene rings is 1. The second-order valence-corrected chi connectivity index (χ2v) is 12.0. The van der Waals surface area contributed by atoms with Gasteiger partial charge in [0.05, 0.1) is 11.5 Å². The fraction of sp³-hybridized carbons (Fsp3) is 0.679. The molecule has 1 atom stereocenters. The molecule has 1 saturated carbocycles. The van der Waals surface area contributed by atoms with E-state index in [2.05, 4.69) is 15.5 Å². The first-order chi connectivity index (χ1) is 17.4. The highest BCUT2D eigenvalue weighted by molar-refractivity contribution is 6.01. The Morgan fingerprint density at radius 1 is 1.16 bits per heavy atom. The summed E-state index contributed by atoms with van der Waals surface area (Å²) in [5.74, 6) is -1.19. The first-order valence-corrected chi connectivity index (χ1v) is 13.5. The number of imide groups is 1. The molecule has 9 heteroatoms. The van der Waals surface area contributed by atoms with E-state index in [4.69, 9.17) is 4.74 Å². The summed E-state index contributed by atoms with van der Waals surface area (Å²) in [6, 6.07) is 4.46. The van der Waals surface area contributed by atoms with Crippen LogP contribution in [0.25, 0.3) is 0 Å². The molecule has 2 aliphatic heterocycles. The van der Waals surface area contributed by atoms with Gasteiger partial charge in [-0.1, -0.05) is 6.07 Å². The summed E-state index contributed by atoms with van der Waals surface area (Å²) in [7, 11) is 0. The Bertz CT molecular complexity index is 1010. The highest BCUT2D eigenvalue weighted by Crippen LogP contribution is 2.36. The van der Waals surface area contributed by atoms with E-state index in [-0.39, 0.29) is 41.9 Å². The van der Waals surface area contributed by atoms with E-state index in [0.29, 0.717) is 49.9 Å². The van der Waals surface area contributed by atoms with E-state index in [0.717, 1.165) is 25.9 Å². The van der Waals surface area contributed by atoms with Crippen LogP contribution in [0.1, 0.15) is 83.6 Å². The molecule has 0 spiro atoms. The van der Waals surface area contributed by atoms with E-state index in [1.165, 1.54) is 6.07 Å². The normalized spacial score (nSPS) is 28.0. The number of anilines is 1. The molecule has 3 fully saturated rings. The molecule has 1 aromatic rings. The number of piperidine rings is 2. The van der Waals surface area contributed by atoms with Crippen LogP contribution in [0.15, 0.2) is 18.2 Å². The van der Waals surface area contributed by atoms with E-state index in [1.54, 1.807) is 12.1 Å². The van der Waals surface area contributed by atoms with E-state index in [9.17, 15) is 23.9 Å². The molecule has 3 N–H and O–H groups in total. The molecule has 1 aromatic carbocycles. The maximum atomic E-state index is 15.0. The molecule has 2 heterocycles. The average Bonchev–Trinajstić information content (AvgIpc) is 2.81. The fourth-order valence-corrected chi connectivity index (χ4v) is 5.73. The lowest BCUT2D eigenvalue weighted by Crippen LogP contribution is -2.48. The predicted molar refractivity (Wildman–Crippen MR) is 137 cm³/mol. The van der Waals surface area contributed by atoms with Crippen LogP contribution in [0.4, 0.5) is 10.1 Å². The number of carbonyl (C=O) groups is 3. The zero-order valence-corrected chi connectivity index (χ0v) is 22.1. The molecule has 1 unspecified atom stereocenters. The lowest BCUT2D eigenvalue weighted by molar-refractivity contribution is -0.163. The Morgan fingerprint density at radius 2 is 1.84 bits per heavy atom. The highest BCUT2D eigenvalue weighted by Gasteiger charge is 2.39. The van der Waals surface area contributed by atoms with Crippen LogP contribution in [0.3, 0.4) is 0 Å². The van der Waals surface area contributed by atoms with E-state index in [1.807, 2.05) is 20.8 Å². The number of halogens is 1. The molecule has 0 bridgehead atoms. The van der Waals surface area contributed by atoms with Crippen molar-refractivity contribution < 1.29 is 28.6 Å². The van der Waals surface area contributed by atoms with Crippen molar-refractivity contribution in [3.8, 4) is 0 Å². The minimum Gasteiger partial charge on any atom is -0.460 e. The van der Waals surface area contributed by atoms with Crippen LogP contribution in [0, 0.1) is 11.7 Å². The molecule has 4 rings (SSSR count). The number of carbonyl (C=O) groups excluding carboxylic acids is 3. The molecule has 0 radical (unpaired) electrons. The monoisotopic (exact) mass is 517 g/mol. The Kier molecular flexibility index (Phi) is 8.23. The van der Waals surface area contributed by atoms with Gasteiger partial charge in [-0.15, -0.1) is 0 Å². The number of esters is 1. The van der Waals surface area contributed by atoms with Crippen molar-refractivity contribution in [3.05, 3.63) is 29.6 Å².